The molecule has 13 heteroatoms. The standard InChI is InChI=1S/C22H20BrF2N5O5/c1-12(31)29(11-14-15(23)5-4-6-18(14)35-21(24)25)19-17(30(33)34)8-7-16(28-19)13-9-26-20(27-10-13)22(2,3)32/h4-10,21,32H,11H2,1-3H3. The van der Waals surface area contributed by atoms with Crippen molar-refractivity contribution in [2.24, 2.45) is 0 Å². The van der Waals surface area contributed by atoms with Crippen molar-refractivity contribution in [1.82, 2.24) is 15.0 Å². The third-order valence-electron chi connectivity index (χ3n) is 4.79. The lowest BCUT2D eigenvalue weighted by Gasteiger charge is -2.23. The second-order valence-corrected chi connectivity index (χ2v) is 8.71. The summed E-state index contributed by atoms with van der Waals surface area (Å²) in [7, 11) is 0. The first-order valence-electron chi connectivity index (χ1n) is 10.1. The summed E-state index contributed by atoms with van der Waals surface area (Å²) in [5.74, 6) is -0.959. The number of hydrogen-bond donors (Lipinski definition) is 1. The van der Waals surface area contributed by atoms with Crippen LogP contribution >= 0.6 is 15.9 Å². The minimum absolute atomic E-state index is 0.161. The summed E-state index contributed by atoms with van der Waals surface area (Å²) in [6.45, 7) is 0.746. The predicted molar refractivity (Wildman–Crippen MR) is 125 cm³/mol. The molecule has 1 N–H and O–H groups in total. The Morgan fingerprint density at radius 3 is 2.46 bits per heavy atom. The van der Waals surface area contributed by atoms with Crippen LogP contribution in [0.3, 0.4) is 0 Å². The molecule has 3 rings (SSSR count). The fraction of sp³-hybridized carbons (Fsp3) is 0.273. The molecule has 1 aromatic carbocycles. The van der Waals surface area contributed by atoms with Gasteiger partial charge in [0.05, 0.1) is 17.2 Å². The molecule has 0 bridgehead atoms. The average molecular weight is 552 g/mol. The van der Waals surface area contributed by atoms with Crippen LogP contribution in [-0.2, 0) is 16.9 Å². The van der Waals surface area contributed by atoms with E-state index in [4.69, 9.17) is 0 Å². The van der Waals surface area contributed by atoms with E-state index in [2.05, 4.69) is 35.6 Å². The smallest absolute Gasteiger partial charge is 0.387 e. The summed E-state index contributed by atoms with van der Waals surface area (Å²) in [5.41, 5.74) is -0.988. The molecule has 35 heavy (non-hydrogen) atoms. The van der Waals surface area contributed by atoms with E-state index in [0.29, 0.717) is 10.0 Å². The van der Waals surface area contributed by atoms with Crippen LogP contribution in [0.15, 0.2) is 47.2 Å². The van der Waals surface area contributed by atoms with Gasteiger partial charge in [-0.05, 0) is 32.0 Å². The van der Waals surface area contributed by atoms with Crippen molar-refractivity contribution in [3.05, 3.63) is 68.7 Å². The topological polar surface area (TPSA) is 132 Å². The third-order valence-corrected chi connectivity index (χ3v) is 5.53. The van der Waals surface area contributed by atoms with Crippen LogP contribution in [0.1, 0.15) is 32.2 Å². The molecule has 3 aromatic rings. The van der Waals surface area contributed by atoms with Crippen molar-refractivity contribution in [3.8, 4) is 17.0 Å². The zero-order valence-corrected chi connectivity index (χ0v) is 20.4. The lowest BCUT2D eigenvalue weighted by atomic mass is 10.1. The molecule has 2 aromatic heterocycles. The van der Waals surface area contributed by atoms with Gasteiger partial charge in [-0.3, -0.25) is 19.8 Å². The molecule has 0 spiro atoms. The number of nitrogens with zero attached hydrogens (tertiary/aromatic N) is 5. The predicted octanol–water partition coefficient (Wildman–Crippen LogP) is 4.59. The maximum absolute atomic E-state index is 12.9. The van der Waals surface area contributed by atoms with Crippen molar-refractivity contribution in [3.63, 3.8) is 0 Å². The molecule has 0 aliphatic carbocycles. The zero-order valence-electron chi connectivity index (χ0n) is 18.8. The van der Waals surface area contributed by atoms with E-state index in [1.54, 1.807) is 6.07 Å². The van der Waals surface area contributed by atoms with Gasteiger partial charge in [0.15, 0.2) is 5.82 Å². The van der Waals surface area contributed by atoms with Gasteiger partial charge in [-0.2, -0.15) is 8.78 Å². The van der Waals surface area contributed by atoms with Gasteiger partial charge in [-0.15, -0.1) is 0 Å². The first kappa shape index (κ1) is 26.0. The summed E-state index contributed by atoms with van der Waals surface area (Å²) in [5, 5.41) is 21.8. The number of pyridine rings is 1. The normalized spacial score (nSPS) is 11.4. The fourth-order valence-corrected chi connectivity index (χ4v) is 3.58. The average Bonchev–Trinajstić information content (AvgIpc) is 2.77. The molecule has 1 amide bonds. The summed E-state index contributed by atoms with van der Waals surface area (Å²) < 4.78 is 30.8. The molecular formula is C22H20BrF2N5O5. The van der Waals surface area contributed by atoms with E-state index in [1.165, 1.54) is 57.4 Å². The number of hydrogen-bond acceptors (Lipinski definition) is 8. The Morgan fingerprint density at radius 2 is 1.91 bits per heavy atom. The Balaban J connectivity index is 2.10. The van der Waals surface area contributed by atoms with Gasteiger partial charge in [0.2, 0.25) is 11.7 Å². The molecule has 0 unspecified atom stereocenters. The van der Waals surface area contributed by atoms with Gasteiger partial charge in [-0.1, -0.05) is 22.0 Å². The molecular weight excluding hydrogens is 532 g/mol. The van der Waals surface area contributed by atoms with E-state index >= 15 is 0 Å². The molecule has 2 heterocycles. The number of aromatic nitrogens is 3. The number of benzene rings is 1. The van der Waals surface area contributed by atoms with Crippen molar-refractivity contribution in [2.75, 3.05) is 4.90 Å². The summed E-state index contributed by atoms with van der Waals surface area (Å²) >= 11 is 3.25. The summed E-state index contributed by atoms with van der Waals surface area (Å²) in [6.07, 6.45) is 2.78. The van der Waals surface area contributed by atoms with Crippen LogP contribution < -0.4 is 9.64 Å². The highest BCUT2D eigenvalue weighted by molar-refractivity contribution is 9.10. The summed E-state index contributed by atoms with van der Waals surface area (Å²) in [4.78, 5) is 37.1. The number of amides is 1. The number of rotatable bonds is 8. The highest BCUT2D eigenvalue weighted by atomic mass is 79.9. The molecule has 0 aliphatic rings. The van der Waals surface area contributed by atoms with Crippen molar-refractivity contribution in [1.29, 1.82) is 0 Å². The lowest BCUT2D eigenvalue weighted by Crippen LogP contribution is -2.30. The van der Waals surface area contributed by atoms with Crippen LogP contribution in [-0.4, -0.2) is 37.5 Å². The van der Waals surface area contributed by atoms with Gasteiger partial charge in [-0.25, -0.2) is 15.0 Å². The van der Waals surface area contributed by atoms with E-state index < -0.39 is 28.7 Å². The number of nitro groups is 1. The molecule has 0 atom stereocenters. The lowest BCUT2D eigenvalue weighted by molar-refractivity contribution is -0.384. The maximum Gasteiger partial charge on any atom is 0.387 e. The number of aliphatic hydroxyl groups is 1. The SMILES string of the molecule is CC(=O)N(Cc1c(Br)cccc1OC(F)F)c1nc(-c2cnc(C(C)(C)O)nc2)ccc1[N+](=O)[O-]. The van der Waals surface area contributed by atoms with Crippen molar-refractivity contribution in [2.45, 2.75) is 39.5 Å². The molecule has 0 saturated carbocycles. The van der Waals surface area contributed by atoms with Crippen LogP contribution in [0.25, 0.3) is 11.3 Å². The number of ether oxygens (including phenoxy) is 1. The highest BCUT2D eigenvalue weighted by Crippen LogP contribution is 2.35. The Hall–Kier alpha value is -3.58. The first-order chi connectivity index (χ1) is 16.4. The maximum atomic E-state index is 12.9. The van der Waals surface area contributed by atoms with Crippen LogP contribution in [0.5, 0.6) is 5.75 Å². The minimum atomic E-state index is -3.11. The van der Waals surface area contributed by atoms with Gasteiger partial charge < -0.3 is 9.84 Å². The van der Waals surface area contributed by atoms with Crippen molar-refractivity contribution >= 4 is 33.3 Å². The van der Waals surface area contributed by atoms with Crippen LogP contribution in [0.2, 0.25) is 0 Å². The third kappa shape index (κ3) is 6.11. The number of anilines is 1. The van der Waals surface area contributed by atoms with E-state index in [9.17, 15) is 28.8 Å². The number of halogens is 3. The van der Waals surface area contributed by atoms with Gasteiger partial charge >= 0.3 is 12.3 Å². The quantitative estimate of drug-likeness (QED) is 0.317. The monoisotopic (exact) mass is 551 g/mol. The second-order valence-electron chi connectivity index (χ2n) is 7.85. The van der Waals surface area contributed by atoms with Crippen LogP contribution in [0.4, 0.5) is 20.3 Å². The highest BCUT2D eigenvalue weighted by Gasteiger charge is 2.28. The Morgan fingerprint density at radius 1 is 1.26 bits per heavy atom. The molecule has 10 nitrogen and oxygen atoms in total. The Bertz CT molecular complexity index is 1250. The van der Waals surface area contributed by atoms with E-state index in [-0.39, 0.29) is 35.2 Å². The van der Waals surface area contributed by atoms with Gasteiger partial charge in [0, 0.05) is 41.0 Å². The number of carbonyl (C=O) groups excluding carboxylic acids is 1. The molecule has 0 fully saturated rings. The van der Waals surface area contributed by atoms with E-state index in [1.807, 2.05) is 0 Å². The Labute approximate surface area is 206 Å². The van der Waals surface area contributed by atoms with Crippen LogP contribution in [0, 0.1) is 10.1 Å². The van der Waals surface area contributed by atoms with E-state index in [0.717, 1.165) is 4.90 Å². The second kappa shape index (κ2) is 10.4. The van der Waals surface area contributed by atoms with Gasteiger partial charge in [0.25, 0.3) is 0 Å². The molecule has 0 aliphatic heterocycles. The molecule has 0 saturated heterocycles. The Kier molecular flexibility index (Phi) is 7.70. The molecule has 184 valence electrons. The molecule has 0 radical (unpaired) electrons. The number of carbonyl (C=O) groups is 1. The van der Waals surface area contributed by atoms with Gasteiger partial charge in [0.1, 0.15) is 11.4 Å². The first-order valence-corrected chi connectivity index (χ1v) is 10.9. The summed E-state index contributed by atoms with van der Waals surface area (Å²) in [6, 6.07) is 6.87. The fourth-order valence-electron chi connectivity index (χ4n) is 3.11. The number of alkyl halides is 2. The minimum Gasteiger partial charge on any atom is -0.434 e. The van der Waals surface area contributed by atoms with Crippen molar-refractivity contribution < 1.29 is 28.3 Å². The zero-order chi connectivity index (χ0) is 25.9. The largest absolute Gasteiger partial charge is 0.434 e.